The molecule has 2 rings (SSSR count). The van der Waals surface area contributed by atoms with Crippen LogP contribution in [0.25, 0.3) is 0 Å². The third-order valence-corrected chi connectivity index (χ3v) is 1.79. The Morgan fingerprint density at radius 3 is 3.33 bits per heavy atom. The maximum Gasteiger partial charge on any atom is 0.0733 e. The molecule has 0 unspecified atom stereocenters. The van der Waals surface area contributed by atoms with Gasteiger partial charge in [0.15, 0.2) is 0 Å². The van der Waals surface area contributed by atoms with Crippen molar-refractivity contribution >= 4 is 6.21 Å². The van der Waals surface area contributed by atoms with Gasteiger partial charge >= 0.3 is 0 Å². The number of allylic oxidation sites excluding steroid dienone is 3. The lowest BCUT2D eigenvalue weighted by atomic mass is 10.1. The van der Waals surface area contributed by atoms with Gasteiger partial charge in [0.1, 0.15) is 0 Å². The molecule has 0 spiro atoms. The van der Waals surface area contributed by atoms with Crippen LogP contribution >= 0.6 is 0 Å². The molecule has 2 heterocycles. The van der Waals surface area contributed by atoms with Crippen LogP contribution in [0.1, 0.15) is 6.42 Å². The molecule has 2 nitrogen and oxygen atoms in total. The van der Waals surface area contributed by atoms with Crippen LogP contribution in [0, 0.1) is 0 Å². The fourth-order valence-electron chi connectivity index (χ4n) is 1.19. The molecule has 0 saturated carbocycles. The van der Waals surface area contributed by atoms with E-state index in [2.05, 4.69) is 29.0 Å². The van der Waals surface area contributed by atoms with Crippen molar-refractivity contribution in [1.82, 2.24) is 5.32 Å². The number of nitrogens with one attached hydrogen (secondary N) is 1. The number of aliphatic imine (C=N–C) groups is 1. The number of hydrogen-bond donors (Lipinski definition) is 1. The Bertz CT molecular complexity index is 330. The summed E-state index contributed by atoms with van der Waals surface area (Å²) in [6.45, 7) is 3.81. The average Bonchev–Trinajstić information content (AvgIpc) is 2.28. The van der Waals surface area contributed by atoms with Crippen molar-refractivity contribution in [2.24, 2.45) is 4.99 Å². The molecule has 0 amide bonds. The molecule has 0 aliphatic carbocycles. The summed E-state index contributed by atoms with van der Waals surface area (Å²) >= 11 is 0. The molecule has 0 aromatic carbocycles. The SMILES string of the molecule is C=C1C=C2N=CCC=CC2=CN1. The molecule has 0 aromatic rings. The molecule has 0 saturated heterocycles. The van der Waals surface area contributed by atoms with Crippen LogP contribution in [0.15, 0.2) is 53.0 Å². The zero-order valence-electron chi connectivity index (χ0n) is 6.75. The lowest BCUT2D eigenvalue weighted by molar-refractivity contribution is 1.06. The highest BCUT2D eigenvalue weighted by atomic mass is 14.9. The van der Waals surface area contributed by atoms with E-state index in [0.29, 0.717) is 0 Å². The maximum absolute atomic E-state index is 4.30. The molecule has 0 fully saturated rings. The molecular weight excluding hydrogens is 148 g/mol. The van der Waals surface area contributed by atoms with Crippen molar-refractivity contribution < 1.29 is 0 Å². The largest absolute Gasteiger partial charge is 0.361 e. The quantitative estimate of drug-likeness (QED) is 0.572. The Morgan fingerprint density at radius 2 is 2.42 bits per heavy atom. The Balaban J connectivity index is 2.43. The summed E-state index contributed by atoms with van der Waals surface area (Å²) in [5.41, 5.74) is 3.00. The van der Waals surface area contributed by atoms with Crippen molar-refractivity contribution in [2.75, 3.05) is 0 Å². The Morgan fingerprint density at radius 1 is 1.50 bits per heavy atom. The summed E-state index contributed by atoms with van der Waals surface area (Å²) < 4.78 is 0. The summed E-state index contributed by atoms with van der Waals surface area (Å²) in [6, 6.07) is 0. The maximum atomic E-state index is 4.30. The first-order chi connectivity index (χ1) is 5.86. The fraction of sp³-hybridized carbons (Fsp3) is 0.100. The van der Waals surface area contributed by atoms with E-state index >= 15 is 0 Å². The third-order valence-electron chi connectivity index (χ3n) is 1.79. The first-order valence-corrected chi connectivity index (χ1v) is 3.93. The zero-order chi connectivity index (χ0) is 8.39. The van der Waals surface area contributed by atoms with E-state index in [4.69, 9.17) is 0 Å². The second-order valence-electron chi connectivity index (χ2n) is 2.75. The predicted molar refractivity (Wildman–Crippen MR) is 50.7 cm³/mol. The van der Waals surface area contributed by atoms with Gasteiger partial charge in [0.05, 0.1) is 5.70 Å². The number of hydrogen-bond acceptors (Lipinski definition) is 2. The predicted octanol–water partition coefficient (Wildman–Crippen LogP) is 1.90. The summed E-state index contributed by atoms with van der Waals surface area (Å²) in [5.74, 6) is 0. The van der Waals surface area contributed by atoms with E-state index < -0.39 is 0 Å². The summed E-state index contributed by atoms with van der Waals surface area (Å²) in [7, 11) is 0. The van der Waals surface area contributed by atoms with Crippen LogP contribution in [-0.2, 0) is 0 Å². The molecular formula is C10H10N2. The number of nitrogens with zero attached hydrogens (tertiary/aromatic N) is 1. The highest BCUT2D eigenvalue weighted by Gasteiger charge is 2.06. The van der Waals surface area contributed by atoms with E-state index in [-0.39, 0.29) is 0 Å². The molecule has 1 N–H and O–H groups in total. The molecule has 0 radical (unpaired) electrons. The fourth-order valence-corrected chi connectivity index (χ4v) is 1.19. The molecule has 2 heteroatoms. The van der Waals surface area contributed by atoms with Crippen molar-refractivity contribution in [3.8, 4) is 0 Å². The topological polar surface area (TPSA) is 24.4 Å². The minimum absolute atomic E-state index is 0.890. The Hall–Kier alpha value is -1.57. The lowest BCUT2D eigenvalue weighted by Gasteiger charge is -2.11. The minimum atomic E-state index is 0.890. The van der Waals surface area contributed by atoms with E-state index in [0.717, 1.165) is 23.4 Å². The molecule has 0 atom stereocenters. The molecule has 2 aliphatic rings. The third kappa shape index (κ3) is 1.23. The molecule has 0 bridgehead atoms. The summed E-state index contributed by atoms with van der Waals surface area (Å²) in [4.78, 5) is 4.30. The van der Waals surface area contributed by atoms with E-state index in [9.17, 15) is 0 Å². The van der Waals surface area contributed by atoms with Crippen molar-refractivity contribution in [3.63, 3.8) is 0 Å². The Labute approximate surface area is 71.7 Å². The van der Waals surface area contributed by atoms with Crippen LogP contribution in [0.2, 0.25) is 0 Å². The van der Waals surface area contributed by atoms with Crippen LogP contribution in [0.4, 0.5) is 0 Å². The lowest BCUT2D eigenvalue weighted by Crippen LogP contribution is -2.08. The summed E-state index contributed by atoms with van der Waals surface area (Å²) in [6.07, 6.45) is 10.8. The van der Waals surface area contributed by atoms with Crippen molar-refractivity contribution in [2.45, 2.75) is 6.42 Å². The van der Waals surface area contributed by atoms with Crippen LogP contribution < -0.4 is 5.32 Å². The van der Waals surface area contributed by atoms with Gasteiger partial charge in [-0.25, -0.2) is 0 Å². The van der Waals surface area contributed by atoms with E-state index in [1.54, 1.807) is 0 Å². The van der Waals surface area contributed by atoms with Gasteiger partial charge in [-0.1, -0.05) is 18.7 Å². The van der Waals surface area contributed by atoms with Crippen LogP contribution in [-0.4, -0.2) is 6.21 Å². The molecule has 0 aromatic heterocycles. The highest BCUT2D eigenvalue weighted by Crippen LogP contribution is 2.19. The first kappa shape index (κ1) is 7.10. The monoisotopic (exact) mass is 158 g/mol. The van der Waals surface area contributed by atoms with E-state index in [1.807, 2.05) is 18.5 Å². The smallest absolute Gasteiger partial charge is 0.0733 e. The van der Waals surface area contributed by atoms with Crippen LogP contribution in [0.5, 0.6) is 0 Å². The second kappa shape index (κ2) is 2.81. The molecule has 2 aliphatic heterocycles. The van der Waals surface area contributed by atoms with Crippen LogP contribution in [0.3, 0.4) is 0 Å². The standard InChI is InChI=1S/C10H10N2/c1-8-6-10-9(7-12-8)4-2-3-5-11-10/h2,4-7,12H,1,3H2. The van der Waals surface area contributed by atoms with Gasteiger partial charge in [0, 0.05) is 30.1 Å². The van der Waals surface area contributed by atoms with E-state index in [1.165, 1.54) is 0 Å². The first-order valence-electron chi connectivity index (χ1n) is 3.93. The van der Waals surface area contributed by atoms with Gasteiger partial charge in [0.2, 0.25) is 0 Å². The second-order valence-corrected chi connectivity index (χ2v) is 2.75. The summed E-state index contributed by atoms with van der Waals surface area (Å²) in [5, 5.41) is 3.05. The molecule has 12 heavy (non-hydrogen) atoms. The van der Waals surface area contributed by atoms with Gasteiger partial charge in [-0.05, 0) is 6.08 Å². The van der Waals surface area contributed by atoms with Gasteiger partial charge in [-0.2, -0.15) is 0 Å². The highest BCUT2D eigenvalue weighted by molar-refractivity contribution is 5.66. The normalized spacial score (nSPS) is 20.5. The number of rotatable bonds is 0. The number of fused-ring (bicyclic) bond motifs is 1. The number of dihydropyridines is 1. The van der Waals surface area contributed by atoms with Gasteiger partial charge in [0.25, 0.3) is 0 Å². The minimum Gasteiger partial charge on any atom is -0.361 e. The van der Waals surface area contributed by atoms with Gasteiger partial charge in [-0.3, -0.25) is 4.99 Å². The average molecular weight is 158 g/mol. The van der Waals surface area contributed by atoms with Crippen molar-refractivity contribution in [3.05, 3.63) is 48.0 Å². The molecule has 60 valence electrons. The van der Waals surface area contributed by atoms with Gasteiger partial charge in [-0.15, -0.1) is 0 Å². The van der Waals surface area contributed by atoms with Gasteiger partial charge < -0.3 is 5.32 Å². The van der Waals surface area contributed by atoms with Crippen molar-refractivity contribution in [1.29, 1.82) is 0 Å². The Kier molecular flexibility index (Phi) is 1.67. The zero-order valence-corrected chi connectivity index (χ0v) is 6.75.